The molecule has 7 nitrogen and oxygen atoms in total. The number of hydrogen-bond acceptors (Lipinski definition) is 7. The summed E-state index contributed by atoms with van der Waals surface area (Å²) in [7, 11) is 0. The number of urea groups is 1. The lowest BCUT2D eigenvalue weighted by Crippen LogP contribution is -2.39. The second-order valence-corrected chi connectivity index (χ2v) is 6.33. The van der Waals surface area contributed by atoms with Gasteiger partial charge in [0, 0.05) is 6.54 Å². The smallest absolute Gasteiger partial charge is 0.318 e. The van der Waals surface area contributed by atoms with Crippen LogP contribution in [0.25, 0.3) is 0 Å². The summed E-state index contributed by atoms with van der Waals surface area (Å²) in [4.78, 5) is 22.0. The third-order valence-corrected chi connectivity index (χ3v) is 4.17. The molecule has 1 aromatic heterocycles. The normalized spacial score (nSPS) is 11.9. The molecule has 0 aliphatic heterocycles. The minimum Gasteiger partial charge on any atom is -0.360 e. The molecule has 19 heavy (non-hydrogen) atoms. The van der Waals surface area contributed by atoms with Crippen LogP contribution >= 0.6 is 23.1 Å². The minimum atomic E-state index is -0.850. The van der Waals surface area contributed by atoms with Gasteiger partial charge in [0.15, 0.2) is 4.34 Å². The van der Waals surface area contributed by atoms with Gasteiger partial charge in [-0.25, -0.2) is 4.79 Å². The molecule has 0 aliphatic carbocycles. The van der Waals surface area contributed by atoms with Gasteiger partial charge in [0.05, 0.1) is 5.25 Å². The third-order valence-electron chi connectivity index (χ3n) is 2.11. The highest BCUT2D eigenvalue weighted by Crippen LogP contribution is 2.28. The number of nitrogens with one attached hydrogen (secondary N) is 2. The van der Waals surface area contributed by atoms with E-state index in [-0.39, 0.29) is 0 Å². The number of hydrogen-bond donors (Lipinski definition) is 3. The summed E-state index contributed by atoms with van der Waals surface area (Å²) in [6.45, 7) is 4.64. The number of nitrogens with two attached hydrogens (primary N) is 1. The number of unbranched alkanes of at least 4 members (excludes halogenated alkanes) is 1. The van der Waals surface area contributed by atoms with Crippen molar-refractivity contribution in [1.29, 1.82) is 0 Å². The lowest BCUT2D eigenvalue weighted by atomic mass is 10.3. The van der Waals surface area contributed by atoms with Crippen molar-refractivity contribution in [1.82, 2.24) is 15.5 Å². The minimum absolute atomic E-state index is 0.437. The van der Waals surface area contributed by atoms with Gasteiger partial charge in [-0.2, -0.15) is 0 Å². The molecule has 3 amide bonds. The summed E-state index contributed by atoms with van der Waals surface area (Å²) in [5, 5.41) is 13.4. The van der Waals surface area contributed by atoms with Crippen molar-refractivity contribution in [2.24, 2.45) is 5.73 Å². The topological polar surface area (TPSA) is 110 Å². The van der Waals surface area contributed by atoms with Gasteiger partial charge in [0.1, 0.15) is 0 Å². The summed E-state index contributed by atoms with van der Waals surface area (Å²) >= 11 is 2.62. The van der Waals surface area contributed by atoms with Crippen LogP contribution in [0.5, 0.6) is 0 Å². The van der Waals surface area contributed by atoms with Crippen molar-refractivity contribution in [2.45, 2.75) is 36.3 Å². The van der Waals surface area contributed by atoms with Crippen LogP contribution in [0.1, 0.15) is 26.7 Å². The molecule has 0 radical (unpaired) electrons. The molecule has 1 rings (SSSR count). The van der Waals surface area contributed by atoms with Crippen molar-refractivity contribution in [3.8, 4) is 0 Å². The van der Waals surface area contributed by atoms with E-state index in [2.05, 4.69) is 22.4 Å². The first kappa shape index (κ1) is 15.7. The molecule has 0 aliphatic rings. The Morgan fingerprint density at radius 1 is 1.47 bits per heavy atom. The van der Waals surface area contributed by atoms with Gasteiger partial charge in [-0.1, -0.05) is 36.4 Å². The average Bonchev–Trinajstić information content (AvgIpc) is 2.76. The van der Waals surface area contributed by atoms with Gasteiger partial charge in [-0.3, -0.25) is 10.1 Å². The molecule has 1 heterocycles. The van der Waals surface area contributed by atoms with Crippen molar-refractivity contribution < 1.29 is 9.59 Å². The second-order valence-electron chi connectivity index (χ2n) is 3.77. The highest BCUT2D eigenvalue weighted by molar-refractivity contribution is 8.02. The average molecular weight is 303 g/mol. The van der Waals surface area contributed by atoms with Crippen LogP contribution in [0, 0.1) is 0 Å². The Labute approximate surface area is 119 Å². The summed E-state index contributed by atoms with van der Waals surface area (Å²) in [6, 6.07) is -0.850. The second kappa shape index (κ2) is 7.95. The van der Waals surface area contributed by atoms with E-state index >= 15 is 0 Å². The zero-order chi connectivity index (χ0) is 14.3. The first-order valence-electron chi connectivity index (χ1n) is 5.87. The number of aromatic nitrogens is 2. The predicted octanol–water partition coefficient (Wildman–Crippen LogP) is 1.43. The molecule has 0 fully saturated rings. The molecular weight excluding hydrogens is 286 g/mol. The predicted molar refractivity (Wildman–Crippen MR) is 76.4 cm³/mol. The quantitative estimate of drug-likeness (QED) is 0.519. The number of nitrogens with zero attached hydrogens (tertiary/aromatic N) is 2. The van der Waals surface area contributed by atoms with Gasteiger partial charge in [0.2, 0.25) is 11.0 Å². The van der Waals surface area contributed by atoms with E-state index in [9.17, 15) is 9.59 Å². The van der Waals surface area contributed by atoms with E-state index in [1.165, 1.54) is 23.1 Å². The summed E-state index contributed by atoms with van der Waals surface area (Å²) in [6.07, 6.45) is 2.18. The number of amides is 3. The maximum atomic E-state index is 11.5. The van der Waals surface area contributed by atoms with Crippen LogP contribution in [0.2, 0.25) is 0 Å². The number of rotatable bonds is 7. The lowest BCUT2D eigenvalue weighted by molar-refractivity contribution is -0.119. The van der Waals surface area contributed by atoms with Gasteiger partial charge >= 0.3 is 6.03 Å². The number of carbonyl (C=O) groups excluding carboxylic acids is 2. The number of imide groups is 1. The highest BCUT2D eigenvalue weighted by Gasteiger charge is 2.18. The Morgan fingerprint density at radius 3 is 2.84 bits per heavy atom. The third kappa shape index (κ3) is 5.88. The van der Waals surface area contributed by atoms with Gasteiger partial charge in [-0.05, 0) is 13.3 Å². The van der Waals surface area contributed by atoms with Crippen LogP contribution in [-0.4, -0.2) is 33.9 Å². The Balaban J connectivity index is 2.44. The maximum Gasteiger partial charge on any atom is 0.318 e. The Morgan fingerprint density at radius 2 is 2.21 bits per heavy atom. The fraction of sp³-hybridized carbons (Fsp3) is 0.600. The fourth-order valence-corrected chi connectivity index (χ4v) is 3.05. The molecule has 0 aromatic carbocycles. The monoisotopic (exact) mass is 303 g/mol. The molecule has 1 aromatic rings. The van der Waals surface area contributed by atoms with Crippen molar-refractivity contribution in [2.75, 3.05) is 11.9 Å². The van der Waals surface area contributed by atoms with Crippen LogP contribution in [0.3, 0.4) is 0 Å². The van der Waals surface area contributed by atoms with Crippen molar-refractivity contribution in [3.05, 3.63) is 0 Å². The maximum absolute atomic E-state index is 11.5. The SMILES string of the molecule is CCCCNc1nnc(SC(C)C(=O)NC(N)=O)s1. The van der Waals surface area contributed by atoms with E-state index in [1.807, 2.05) is 5.32 Å². The summed E-state index contributed by atoms with van der Waals surface area (Å²) in [5.41, 5.74) is 4.88. The van der Waals surface area contributed by atoms with E-state index in [0.29, 0.717) is 4.34 Å². The molecule has 0 saturated heterocycles. The summed E-state index contributed by atoms with van der Waals surface area (Å²) in [5.74, 6) is -0.437. The van der Waals surface area contributed by atoms with Gasteiger partial charge in [-0.15, -0.1) is 10.2 Å². The van der Waals surface area contributed by atoms with Crippen LogP contribution in [-0.2, 0) is 4.79 Å². The summed E-state index contributed by atoms with van der Waals surface area (Å²) < 4.78 is 0.672. The Kier molecular flexibility index (Phi) is 6.57. The molecule has 0 spiro atoms. The molecule has 0 saturated carbocycles. The van der Waals surface area contributed by atoms with E-state index in [1.54, 1.807) is 6.92 Å². The molecule has 1 unspecified atom stereocenters. The zero-order valence-electron chi connectivity index (χ0n) is 10.8. The van der Waals surface area contributed by atoms with E-state index in [0.717, 1.165) is 24.5 Å². The highest BCUT2D eigenvalue weighted by atomic mass is 32.2. The van der Waals surface area contributed by atoms with Crippen molar-refractivity contribution in [3.63, 3.8) is 0 Å². The van der Waals surface area contributed by atoms with Crippen LogP contribution in [0.15, 0.2) is 4.34 Å². The van der Waals surface area contributed by atoms with Crippen LogP contribution < -0.4 is 16.4 Å². The standard InChI is InChI=1S/C10H17N5O2S2/c1-3-4-5-12-9-14-15-10(19-9)18-6(2)7(16)13-8(11)17/h6H,3-5H2,1-2H3,(H,12,14)(H3,11,13,16,17). The molecule has 9 heteroatoms. The van der Waals surface area contributed by atoms with Crippen LogP contribution in [0.4, 0.5) is 9.93 Å². The Bertz CT molecular complexity index is 437. The first-order valence-corrected chi connectivity index (χ1v) is 7.57. The van der Waals surface area contributed by atoms with E-state index in [4.69, 9.17) is 5.73 Å². The Hall–Kier alpha value is -1.35. The molecular formula is C10H17N5O2S2. The van der Waals surface area contributed by atoms with Gasteiger partial charge in [0.25, 0.3) is 0 Å². The lowest BCUT2D eigenvalue weighted by Gasteiger charge is -2.06. The molecule has 4 N–H and O–H groups in total. The van der Waals surface area contributed by atoms with Crippen molar-refractivity contribution >= 4 is 40.2 Å². The molecule has 0 bridgehead atoms. The first-order chi connectivity index (χ1) is 9.02. The number of anilines is 1. The number of thioether (sulfide) groups is 1. The number of carbonyl (C=O) groups is 2. The van der Waals surface area contributed by atoms with Gasteiger partial charge < -0.3 is 11.1 Å². The molecule has 106 valence electrons. The molecule has 1 atom stereocenters. The fourth-order valence-electron chi connectivity index (χ4n) is 1.13. The zero-order valence-corrected chi connectivity index (χ0v) is 12.4. The van der Waals surface area contributed by atoms with E-state index < -0.39 is 17.2 Å². The largest absolute Gasteiger partial charge is 0.360 e. The number of primary amides is 1.